The first-order valence-corrected chi connectivity index (χ1v) is 4.43. The number of halogens is 1. The van der Waals surface area contributed by atoms with Crippen molar-refractivity contribution in [3.8, 4) is 0 Å². The summed E-state index contributed by atoms with van der Waals surface area (Å²) in [6.45, 7) is 5.39. The van der Waals surface area contributed by atoms with Gasteiger partial charge in [-0.05, 0) is 37.1 Å². The molecular weight excluding hydrogens is 186 g/mol. The number of rotatable bonds is 1. The Morgan fingerprint density at radius 2 is 2.00 bits per heavy atom. The van der Waals surface area contributed by atoms with Gasteiger partial charge < -0.3 is 5.32 Å². The van der Waals surface area contributed by atoms with Crippen LogP contribution in [0, 0.1) is 13.8 Å². The summed E-state index contributed by atoms with van der Waals surface area (Å²) in [5.41, 5.74) is 2.88. The molecule has 1 amide bonds. The van der Waals surface area contributed by atoms with Gasteiger partial charge in [0, 0.05) is 17.6 Å². The molecule has 0 saturated heterocycles. The van der Waals surface area contributed by atoms with Crippen LogP contribution in [0.4, 0.5) is 5.69 Å². The molecule has 0 unspecified atom stereocenters. The fourth-order valence-electron chi connectivity index (χ4n) is 1.09. The summed E-state index contributed by atoms with van der Waals surface area (Å²) in [4.78, 5) is 10.8. The molecule has 2 nitrogen and oxygen atoms in total. The Bertz CT molecular complexity index is 324. The first kappa shape index (κ1) is 10.1. The molecule has 0 fully saturated rings. The molecule has 0 aliphatic heterocycles. The fourth-order valence-corrected chi connectivity index (χ4v) is 1.36. The van der Waals surface area contributed by atoms with Crippen molar-refractivity contribution in [1.29, 1.82) is 0 Å². The van der Waals surface area contributed by atoms with Crippen LogP contribution < -0.4 is 5.32 Å². The lowest BCUT2D eigenvalue weighted by Gasteiger charge is -2.07. The molecule has 0 radical (unpaired) electrons. The van der Waals surface area contributed by atoms with Crippen LogP contribution >= 0.6 is 11.6 Å². The van der Waals surface area contributed by atoms with Gasteiger partial charge in [-0.3, -0.25) is 4.79 Å². The van der Waals surface area contributed by atoms with Gasteiger partial charge in [0.1, 0.15) is 0 Å². The van der Waals surface area contributed by atoms with Crippen molar-refractivity contribution < 1.29 is 4.79 Å². The van der Waals surface area contributed by atoms with Crippen molar-refractivity contribution >= 4 is 23.2 Å². The average molecular weight is 198 g/mol. The van der Waals surface area contributed by atoms with Gasteiger partial charge in [-0.2, -0.15) is 0 Å². The van der Waals surface area contributed by atoms with Gasteiger partial charge in [-0.15, -0.1) is 0 Å². The van der Waals surface area contributed by atoms with Crippen LogP contribution in [0.3, 0.4) is 0 Å². The SMILES string of the molecule is CC(=O)Nc1cc(C)c(C)c(Cl)c1. The van der Waals surface area contributed by atoms with E-state index in [1.807, 2.05) is 19.9 Å². The summed E-state index contributed by atoms with van der Waals surface area (Å²) in [7, 11) is 0. The molecule has 1 aromatic rings. The number of carbonyl (C=O) groups is 1. The van der Waals surface area contributed by atoms with E-state index in [2.05, 4.69) is 5.32 Å². The topological polar surface area (TPSA) is 29.1 Å². The molecule has 0 aromatic heterocycles. The number of anilines is 1. The lowest BCUT2D eigenvalue weighted by Crippen LogP contribution is -2.06. The molecule has 0 saturated carbocycles. The zero-order chi connectivity index (χ0) is 10.0. The highest BCUT2D eigenvalue weighted by atomic mass is 35.5. The number of nitrogens with one attached hydrogen (secondary N) is 1. The first-order valence-electron chi connectivity index (χ1n) is 4.05. The van der Waals surface area contributed by atoms with Gasteiger partial charge >= 0.3 is 0 Å². The van der Waals surface area contributed by atoms with Crippen LogP contribution in [-0.4, -0.2) is 5.91 Å². The maximum Gasteiger partial charge on any atom is 0.221 e. The zero-order valence-electron chi connectivity index (χ0n) is 7.94. The molecular formula is C10H12ClNO. The van der Waals surface area contributed by atoms with E-state index in [0.717, 1.165) is 16.8 Å². The maximum absolute atomic E-state index is 10.8. The summed E-state index contributed by atoms with van der Waals surface area (Å²) in [6.07, 6.45) is 0. The number of hydrogen-bond donors (Lipinski definition) is 1. The average Bonchev–Trinajstić information content (AvgIpc) is 1.98. The van der Waals surface area contributed by atoms with Crippen molar-refractivity contribution in [2.45, 2.75) is 20.8 Å². The second-order valence-corrected chi connectivity index (χ2v) is 3.49. The van der Waals surface area contributed by atoms with E-state index in [-0.39, 0.29) is 5.91 Å². The Kier molecular flexibility index (Phi) is 2.94. The van der Waals surface area contributed by atoms with Gasteiger partial charge in [-0.25, -0.2) is 0 Å². The Labute approximate surface area is 82.9 Å². The van der Waals surface area contributed by atoms with Crippen molar-refractivity contribution in [3.63, 3.8) is 0 Å². The molecule has 1 N–H and O–H groups in total. The molecule has 0 spiro atoms. The monoisotopic (exact) mass is 197 g/mol. The van der Waals surface area contributed by atoms with E-state index in [1.54, 1.807) is 6.07 Å². The second-order valence-electron chi connectivity index (χ2n) is 3.08. The van der Waals surface area contributed by atoms with E-state index in [4.69, 9.17) is 11.6 Å². The molecule has 0 atom stereocenters. The quantitative estimate of drug-likeness (QED) is 0.737. The molecule has 0 aliphatic carbocycles. The van der Waals surface area contributed by atoms with Crippen molar-refractivity contribution in [2.24, 2.45) is 0 Å². The number of aryl methyl sites for hydroxylation is 1. The molecule has 0 aliphatic rings. The van der Waals surface area contributed by atoms with E-state index < -0.39 is 0 Å². The predicted octanol–water partition coefficient (Wildman–Crippen LogP) is 2.92. The minimum absolute atomic E-state index is 0.0840. The molecule has 1 aromatic carbocycles. The fraction of sp³-hybridized carbons (Fsp3) is 0.300. The van der Waals surface area contributed by atoms with Crippen LogP contribution in [0.25, 0.3) is 0 Å². The molecule has 3 heteroatoms. The van der Waals surface area contributed by atoms with Crippen molar-refractivity contribution in [1.82, 2.24) is 0 Å². The molecule has 1 rings (SSSR count). The third-order valence-corrected chi connectivity index (χ3v) is 2.32. The van der Waals surface area contributed by atoms with Gasteiger partial charge in [-0.1, -0.05) is 11.6 Å². The molecule has 70 valence electrons. The van der Waals surface area contributed by atoms with E-state index >= 15 is 0 Å². The Morgan fingerprint density at radius 3 is 2.46 bits per heavy atom. The zero-order valence-corrected chi connectivity index (χ0v) is 8.70. The minimum atomic E-state index is -0.0840. The minimum Gasteiger partial charge on any atom is -0.326 e. The van der Waals surface area contributed by atoms with Crippen LogP contribution in [0.15, 0.2) is 12.1 Å². The van der Waals surface area contributed by atoms with Crippen molar-refractivity contribution in [3.05, 3.63) is 28.3 Å². The summed E-state index contributed by atoms with van der Waals surface area (Å²) in [5.74, 6) is -0.0840. The molecule has 0 heterocycles. The highest BCUT2D eigenvalue weighted by molar-refractivity contribution is 6.31. The van der Waals surface area contributed by atoms with E-state index in [0.29, 0.717) is 5.02 Å². The third kappa shape index (κ3) is 2.46. The van der Waals surface area contributed by atoms with Gasteiger partial charge in [0.25, 0.3) is 0 Å². The van der Waals surface area contributed by atoms with Crippen LogP contribution in [0.2, 0.25) is 5.02 Å². The smallest absolute Gasteiger partial charge is 0.221 e. The van der Waals surface area contributed by atoms with Gasteiger partial charge in [0.05, 0.1) is 0 Å². The number of amides is 1. The molecule has 0 bridgehead atoms. The Hall–Kier alpha value is -1.02. The summed E-state index contributed by atoms with van der Waals surface area (Å²) < 4.78 is 0. The lowest BCUT2D eigenvalue weighted by atomic mass is 10.1. The first-order chi connectivity index (χ1) is 6.00. The number of hydrogen-bond acceptors (Lipinski definition) is 1. The third-order valence-electron chi connectivity index (χ3n) is 1.92. The number of benzene rings is 1. The van der Waals surface area contributed by atoms with Crippen molar-refractivity contribution in [2.75, 3.05) is 5.32 Å². The van der Waals surface area contributed by atoms with Gasteiger partial charge in [0.2, 0.25) is 5.91 Å². The Morgan fingerprint density at radius 1 is 1.38 bits per heavy atom. The summed E-state index contributed by atoms with van der Waals surface area (Å²) in [6, 6.07) is 3.66. The predicted molar refractivity (Wildman–Crippen MR) is 55.2 cm³/mol. The van der Waals surface area contributed by atoms with Crippen LogP contribution in [-0.2, 0) is 4.79 Å². The normalized spacial score (nSPS) is 9.85. The van der Waals surface area contributed by atoms with Crippen LogP contribution in [0.1, 0.15) is 18.1 Å². The Balaban J connectivity index is 3.06. The van der Waals surface area contributed by atoms with Crippen LogP contribution in [0.5, 0.6) is 0 Å². The maximum atomic E-state index is 10.8. The lowest BCUT2D eigenvalue weighted by molar-refractivity contribution is -0.114. The van der Waals surface area contributed by atoms with E-state index in [1.165, 1.54) is 6.92 Å². The molecule has 13 heavy (non-hydrogen) atoms. The highest BCUT2D eigenvalue weighted by Crippen LogP contribution is 2.23. The largest absolute Gasteiger partial charge is 0.326 e. The highest BCUT2D eigenvalue weighted by Gasteiger charge is 2.02. The number of carbonyl (C=O) groups excluding carboxylic acids is 1. The summed E-state index contributed by atoms with van der Waals surface area (Å²) in [5, 5.41) is 3.37. The summed E-state index contributed by atoms with van der Waals surface area (Å²) >= 11 is 5.95. The second kappa shape index (κ2) is 3.79. The van der Waals surface area contributed by atoms with Gasteiger partial charge in [0.15, 0.2) is 0 Å². The van der Waals surface area contributed by atoms with E-state index in [9.17, 15) is 4.79 Å². The standard InChI is InChI=1S/C10H12ClNO/c1-6-4-9(12-8(3)13)5-10(11)7(6)2/h4-5H,1-3H3,(H,12,13).